The van der Waals surface area contributed by atoms with E-state index in [9.17, 15) is 0 Å². The highest BCUT2D eigenvalue weighted by Crippen LogP contribution is 2.32. The molecular weight excluding hydrogens is 260 g/mol. The summed E-state index contributed by atoms with van der Waals surface area (Å²) in [5.74, 6) is 6.73. The van der Waals surface area contributed by atoms with Crippen molar-refractivity contribution in [2.24, 2.45) is 5.84 Å². The number of benzene rings is 2. The van der Waals surface area contributed by atoms with Gasteiger partial charge in [0, 0.05) is 5.56 Å². The van der Waals surface area contributed by atoms with Crippen molar-refractivity contribution >= 4 is 0 Å². The Hall–Kier alpha value is -1.84. The number of nitrogens with one attached hydrogen (secondary N) is 1. The highest BCUT2D eigenvalue weighted by atomic mass is 16.5. The van der Waals surface area contributed by atoms with Gasteiger partial charge in [-0.1, -0.05) is 36.4 Å². The van der Waals surface area contributed by atoms with Crippen LogP contribution in [0.4, 0.5) is 0 Å². The summed E-state index contributed by atoms with van der Waals surface area (Å²) in [4.78, 5) is 0. The highest BCUT2D eigenvalue weighted by molar-refractivity contribution is 5.47. The minimum absolute atomic E-state index is 0.0281. The molecule has 0 aliphatic heterocycles. The molecule has 21 heavy (non-hydrogen) atoms. The lowest BCUT2D eigenvalue weighted by atomic mass is 9.93. The van der Waals surface area contributed by atoms with E-state index < -0.39 is 0 Å². The molecule has 3 nitrogen and oxygen atoms in total. The van der Waals surface area contributed by atoms with Crippen molar-refractivity contribution < 1.29 is 4.74 Å². The van der Waals surface area contributed by atoms with Crippen LogP contribution in [0.1, 0.15) is 33.9 Å². The molecule has 1 atom stereocenters. The zero-order valence-electron chi connectivity index (χ0n) is 13.2. The molecule has 2 aromatic carbocycles. The second-order valence-corrected chi connectivity index (χ2v) is 5.48. The van der Waals surface area contributed by atoms with Crippen LogP contribution < -0.4 is 16.0 Å². The fraction of sp³-hybridized carbons (Fsp3) is 0.333. The van der Waals surface area contributed by atoms with E-state index in [1.807, 2.05) is 0 Å². The van der Waals surface area contributed by atoms with Gasteiger partial charge in [-0.15, -0.1) is 0 Å². The predicted octanol–water partition coefficient (Wildman–Crippen LogP) is 3.37. The molecular formula is C18H24N2O. The average Bonchev–Trinajstić information content (AvgIpc) is 2.49. The second-order valence-electron chi connectivity index (χ2n) is 5.48. The SMILES string of the molecule is COc1c(C(Cc2ccccc2C)NN)ccc(C)c1C. The van der Waals surface area contributed by atoms with Gasteiger partial charge in [0.05, 0.1) is 13.2 Å². The minimum Gasteiger partial charge on any atom is -0.496 e. The third-order valence-corrected chi connectivity index (χ3v) is 4.17. The van der Waals surface area contributed by atoms with Gasteiger partial charge in [-0.05, 0) is 49.4 Å². The first-order chi connectivity index (χ1) is 10.1. The molecule has 1 unspecified atom stereocenters. The summed E-state index contributed by atoms with van der Waals surface area (Å²) in [6, 6.07) is 12.6. The van der Waals surface area contributed by atoms with E-state index in [4.69, 9.17) is 10.6 Å². The van der Waals surface area contributed by atoms with Crippen LogP contribution in [0.15, 0.2) is 36.4 Å². The van der Waals surface area contributed by atoms with Crippen molar-refractivity contribution in [1.29, 1.82) is 0 Å². The molecule has 0 saturated carbocycles. The van der Waals surface area contributed by atoms with Crippen LogP contribution in [0.3, 0.4) is 0 Å². The highest BCUT2D eigenvalue weighted by Gasteiger charge is 2.18. The van der Waals surface area contributed by atoms with E-state index in [1.165, 1.54) is 22.3 Å². The van der Waals surface area contributed by atoms with Gasteiger partial charge in [-0.3, -0.25) is 11.3 Å². The molecule has 0 amide bonds. The first-order valence-corrected chi connectivity index (χ1v) is 7.23. The normalized spacial score (nSPS) is 12.2. The maximum atomic E-state index is 5.81. The largest absolute Gasteiger partial charge is 0.496 e. The number of ether oxygens (including phenoxy) is 1. The average molecular weight is 284 g/mol. The lowest BCUT2D eigenvalue weighted by Gasteiger charge is -2.22. The molecule has 0 heterocycles. The Morgan fingerprint density at radius 3 is 2.38 bits per heavy atom. The van der Waals surface area contributed by atoms with Crippen LogP contribution in [0, 0.1) is 20.8 Å². The lowest BCUT2D eigenvalue weighted by molar-refractivity contribution is 0.395. The molecule has 3 N–H and O–H groups in total. The lowest BCUT2D eigenvalue weighted by Crippen LogP contribution is -2.30. The Labute approximate surface area is 127 Å². The maximum Gasteiger partial charge on any atom is 0.126 e. The third kappa shape index (κ3) is 3.26. The van der Waals surface area contributed by atoms with E-state index in [0.29, 0.717) is 0 Å². The van der Waals surface area contributed by atoms with Crippen molar-refractivity contribution in [2.75, 3.05) is 7.11 Å². The molecule has 0 saturated heterocycles. The minimum atomic E-state index is 0.0281. The van der Waals surface area contributed by atoms with Crippen LogP contribution >= 0.6 is 0 Å². The van der Waals surface area contributed by atoms with Crippen molar-refractivity contribution in [2.45, 2.75) is 33.2 Å². The summed E-state index contributed by atoms with van der Waals surface area (Å²) >= 11 is 0. The topological polar surface area (TPSA) is 47.3 Å². The molecule has 0 bridgehead atoms. The zero-order valence-corrected chi connectivity index (χ0v) is 13.2. The van der Waals surface area contributed by atoms with E-state index >= 15 is 0 Å². The van der Waals surface area contributed by atoms with Gasteiger partial charge in [-0.2, -0.15) is 0 Å². The second kappa shape index (κ2) is 6.74. The van der Waals surface area contributed by atoms with Gasteiger partial charge in [0.1, 0.15) is 5.75 Å². The Kier molecular flexibility index (Phi) is 4.99. The number of hydrazine groups is 1. The molecule has 0 spiro atoms. The summed E-state index contributed by atoms with van der Waals surface area (Å²) < 4.78 is 5.61. The molecule has 0 fully saturated rings. The van der Waals surface area contributed by atoms with Crippen LogP contribution in [0.2, 0.25) is 0 Å². The first kappa shape index (κ1) is 15.5. The molecule has 0 radical (unpaired) electrons. The van der Waals surface area contributed by atoms with Crippen molar-refractivity contribution in [3.8, 4) is 5.75 Å². The maximum absolute atomic E-state index is 5.81. The fourth-order valence-electron chi connectivity index (χ4n) is 2.67. The monoisotopic (exact) mass is 284 g/mol. The Bertz CT molecular complexity index is 623. The van der Waals surface area contributed by atoms with Crippen molar-refractivity contribution in [3.05, 3.63) is 64.2 Å². The van der Waals surface area contributed by atoms with Gasteiger partial charge in [0.15, 0.2) is 0 Å². The standard InChI is InChI=1S/C18H24N2O/c1-12-9-10-16(18(21-4)14(12)3)17(20-19)11-15-8-6-5-7-13(15)2/h5-10,17,20H,11,19H2,1-4H3. The quantitative estimate of drug-likeness (QED) is 0.653. The molecule has 0 aliphatic carbocycles. The molecule has 0 aliphatic rings. The van der Waals surface area contributed by atoms with E-state index in [2.05, 4.69) is 62.6 Å². The Balaban J connectivity index is 2.38. The number of aryl methyl sites for hydroxylation is 2. The number of methoxy groups -OCH3 is 1. The Morgan fingerprint density at radius 2 is 1.76 bits per heavy atom. The summed E-state index contributed by atoms with van der Waals surface area (Å²) in [7, 11) is 1.71. The van der Waals surface area contributed by atoms with Crippen LogP contribution in [0.5, 0.6) is 5.75 Å². The number of hydrogen-bond donors (Lipinski definition) is 2. The van der Waals surface area contributed by atoms with Gasteiger partial charge in [0.25, 0.3) is 0 Å². The van der Waals surface area contributed by atoms with Crippen LogP contribution in [-0.2, 0) is 6.42 Å². The predicted molar refractivity (Wildman–Crippen MR) is 87.4 cm³/mol. The first-order valence-electron chi connectivity index (χ1n) is 7.23. The van der Waals surface area contributed by atoms with E-state index in [0.717, 1.165) is 17.7 Å². The summed E-state index contributed by atoms with van der Waals surface area (Å²) in [5, 5.41) is 0. The molecule has 3 heteroatoms. The van der Waals surface area contributed by atoms with Gasteiger partial charge >= 0.3 is 0 Å². The summed E-state index contributed by atoms with van der Waals surface area (Å²) in [6.45, 7) is 6.30. The molecule has 0 aromatic heterocycles. The Morgan fingerprint density at radius 1 is 1.05 bits per heavy atom. The summed E-state index contributed by atoms with van der Waals surface area (Å²) in [5.41, 5.74) is 9.00. The molecule has 2 aromatic rings. The number of hydrogen-bond acceptors (Lipinski definition) is 3. The zero-order chi connectivity index (χ0) is 15.4. The number of nitrogens with two attached hydrogens (primary N) is 1. The van der Waals surface area contributed by atoms with Crippen molar-refractivity contribution in [3.63, 3.8) is 0 Å². The smallest absolute Gasteiger partial charge is 0.126 e. The van der Waals surface area contributed by atoms with Crippen LogP contribution in [-0.4, -0.2) is 7.11 Å². The number of rotatable bonds is 5. The summed E-state index contributed by atoms with van der Waals surface area (Å²) in [6.07, 6.45) is 0.835. The van der Waals surface area contributed by atoms with E-state index in [-0.39, 0.29) is 6.04 Å². The molecule has 2 rings (SSSR count). The van der Waals surface area contributed by atoms with Crippen LogP contribution in [0.25, 0.3) is 0 Å². The van der Waals surface area contributed by atoms with Gasteiger partial charge in [-0.25, -0.2) is 0 Å². The van der Waals surface area contributed by atoms with E-state index in [1.54, 1.807) is 7.11 Å². The third-order valence-electron chi connectivity index (χ3n) is 4.17. The van der Waals surface area contributed by atoms with Gasteiger partial charge < -0.3 is 4.74 Å². The van der Waals surface area contributed by atoms with Gasteiger partial charge in [0.2, 0.25) is 0 Å². The van der Waals surface area contributed by atoms with Crippen molar-refractivity contribution in [1.82, 2.24) is 5.43 Å². The molecule has 112 valence electrons. The fourth-order valence-corrected chi connectivity index (χ4v) is 2.67.